The molecule has 0 aliphatic heterocycles. The summed E-state index contributed by atoms with van der Waals surface area (Å²) in [5.41, 5.74) is 4.28. The Kier molecular flexibility index (Phi) is 6.37. The summed E-state index contributed by atoms with van der Waals surface area (Å²) in [6.07, 6.45) is 1.23. The molecule has 2 aromatic rings. The zero-order chi connectivity index (χ0) is 17.5. The molecule has 6 nitrogen and oxygen atoms in total. The third-order valence-corrected chi connectivity index (χ3v) is 4.24. The van der Waals surface area contributed by atoms with Gasteiger partial charge in [-0.25, -0.2) is 4.79 Å². The van der Waals surface area contributed by atoms with E-state index >= 15 is 0 Å². The number of urea groups is 1. The average molecular weight is 330 g/mol. The summed E-state index contributed by atoms with van der Waals surface area (Å²) in [6, 6.07) is 9.25. The third kappa shape index (κ3) is 4.58. The molecule has 2 rings (SSSR count). The zero-order valence-corrected chi connectivity index (χ0v) is 14.5. The van der Waals surface area contributed by atoms with Gasteiger partial charge in [-0.1, -0.05) is 30.3 Å². The number of carbonyl (C=O) groups excluding carboxylic acids is 1. The van der Waals surface area contributed by atoms with Crippen molar-refractivity contribution in [3.63, 3.8) is 0 Å². The van der Waals surface area contributed by atoms with Crippen LogP contribution in [0.4, 0.5) is 4.79 Å². The molecule has 6 heteroatoms. The molecule has 0 aliphatic rings. The summed E-state index contributed by atoms with van der Waals surface area (Å²) in [5, 5.41) is 19.4. The Morgan fingerprint density at radius 1 is 1.29 bits per heavy atom. The standard InChI is InChI=1S/C18H26N4O2/c1-13-16(14(2)22(3)21-13)9-11-19-18(24)20-17(10-12-23)15-7-5-4-6-8-15/h4-8,17,23H,9-12H2,1-3H3,(H2,19,20,24)/t17-/m1/s1. The van der Waals surface area contributed by atoms with Gasteiger partial charge in [0.2, 0.25) is 0 Å². The minimum Gasteiger partial charge on any atom is -0.396 e. The van der Waals surface area contributed by atoms with Gasteiger partial charge in [0.1, 0.15) is 0 Å². The minimum absolute atomic E-state index is 0.0217. The second-order valence-electron chi connectivity index (χ2n) is 5.90. The van der Waals surface area contributed by atoms with Gasteiger partial charge in [-0.2, -0.15) is 5.10 Å². The van der Waals surface area contributed by atoms with Gasteiger partial charge in [-0.15, -0.1) is 0 Å². The van der Waals surface area contributed by atoms with Gasteiger partial charge in [0.15, 0.2) is 0 Å². The summed E-state index contributed by atoms with van der Waals surface area (Å²) in [4.78, 5) is 12.1. The first-order valence-corrected chi connectivity index (χ1v) is 8.22. The molecule has 0 radical (unpaired) electrons. The Morgan fingerprint density at radius 2 is 2.00 bits per heavy atom. The fourth-order valence-corrected chi connectivity index (χ4v) is 2.83. The number of hydrogen-bond donors (Lipinski definition) is 3. The van der Waals surface area contributed by atoms with Gasteiger partial charge < -0.3 is 15.7 Å². The van der Waals surface area contributed by atoms with E-state index in [1.165, 1.54) is 5.56 Å². The van der Waals surface area contributed by atoms with E-state index in [0.717, 1.165) is 23.4 Å². The van der Waals surface area contributed by atoms with Crippen molar-refractivity contribution >= 4 is 6.03 Å². The fourth-order valence-electron chi connectivity index (χ4n) is 2.83. The normalized spacial score (nSPS) is 12.0. The molecule has 130 valence electrons. The lowest BCUT2D eigenvalue weighted by Crippen LogP contribution is -2.39. The molecule has 1 aromatic carbocycles. The van der Waals surface area contributed by atoms with Crippen LogP contribution in [-0.2, 0) is 13.5 Å². The molecule has 0 saturated carbocycles. The highest BCUT2D eigenvalue weighted by atomic mass is 16.3. The molecule has 0 fully saturated rings. The molecule has 3 N–H and O–H groups in total. The Labute approximate surface area is 142 Å². The molecule has 0 aliphatic carbocycles. The van der Waals surface area contributed by atoms with Crippen molar-refractivity contribution in [3.05, 3.63) is 52.8 Å². The van der Waals surface area contributed by atoms with Crippen LogP contribution in [-0.4, -0.2) is 34.1 Å². The lowest BCUT2D eigenvalue weighted by Gasteiger charge is -2.18. The van der Waals surface area contributed by atoms with E-state index < -0.39 is 0 Å². The lowest BCUT2D eigenvalue weighted by molar-refractivity contribution is 0.229. The van der Waals surface area contributed by atoms with Crippen LogP contribution in [0.3, 0.4) is 0 Å². The number of benzene rings is 1. The van der Waals surface area contributed by atoms with Gasteiger partial charge in [-0.05, 0) is 37.8 Å². The maximum atomic E-state index is 12.1. The maximum Gasteiger partial charge on any atom is 0.315 e. The van der Waals surface area contributed by atoms with Gasteiger partial charge in [-0.3, -0.25) is 4.68 Å². The smallest absolute Gasteiger partial charge is 0.315 e. The third-order valence-electron chi connectivity index (χ3n) is 4.24. The first kappa shape index (κ1) is 18.0. The van der Waals surface area contributed by atoms with E-state index in [0.29, 0.717) is 13.0 Å². The molecule has 0 unspecified atom stereocenters. The van der Waals surface area contributed by atoms with E-state index in [9.17, 15) is 9.90 Å². The number of nitrogens with zero attached hydrogens (tertiary/aromatic N) is 2. The molecule has 1 heterocycles. The number of aliphatic hydroxyl groups excluding tert-OH is 1. The van der Waals surface area contributed by atoms with Crippen molar-refractivity contribution < 1.29 is 9.90 Å². The Hall–Kier alpha value is -2.34. The molecular formula is C18H26N4O2. The highest BCUT2D eigenvalue weighted by Crippen LogP contribution is 2.16. The quantitative estimate of drug-likeness (QED) is 0.726. The van der Waals surface area contributed by atoms with Crippen LogP contribution >= 0.6 is 0 Å². The minimum atomic E-state index is -0.225. The summed E-state index contributed by atoms with van der Waals surface area (Å²) in [7, 11) is 1.92. The first-order chi connectivity index (χ1) is 11.5. The van der Waals surface area contributed by atoms with Crippen molar-refractivity contribution in [2.75, 3.05) is 13.2 Å². The number of amides is 2. The van der Waals surface area contributed by atoms with Crippen LogP contribution in [0.1, 0.15) is 35.0 Å². The van der Waals surface area contributed by atoms with Crippen LogP contribution < -0.4 is 10.6 Å². The molecule has 0 spiro atoms. The maximum absolute atomic E-state index is 12.1. The van der Waals surface area contributed by atoms with E-state index in [-0.39, 0.29) is 18.7 Å². The van der Waals surface area contributed by atoms with Crippen molar-refractivity contribution in [2.45, 2.75) is 32.7 Å². The molecule has 1 atom stereocenters. The predicted octanol–water partition coefficient (Wildman–Crippen LogP) is 2.00. The van der Waals surface area contributed by atoms with Crippen LogP contribution in [0.25, 0.3) is 0 Å². The highest BCUT2D eigenvalue weighted by molar-refractivity contribution is 5.74. The summed E-state index contributed by atoms with van der Waals surface area (Å²) in [5.74, 6) is 0. The number of rotatable bonds is 7. The summed E-state index contributed by atoms with van der Waals surface area (Å²) in [6.45, 7) is 4.57. The van der Waals surface area contributed by atoms with Crippen molar-refractivity contribution in [1.29, 1.82) is 0 Å². The van der Waals surface area contributed by atoms with Gasteiger partial charge in [0.05, 0.1) is 11.7 Å². The Morgan fingerprint density at radius 3 is 2.58 bits per heavy atom. The van der Waals surface area contributed by atoms with Crippen LogP contribution in [0.5, 0.6) is 0 Å². The molecule has 0 saturated heterocycles. The average Bonchev–Trinajstić information content (AvgIpc) is 2.81. The molecule has 2 amide bonds. The number of aromatic nitrogens is 2. The highest BCUT2D eigenvalue weighted by Gasteiger charge is 2.14. The summed E-state index contributed by atoms with van der Waals surface area (Å²) >= 11 is 0. The van der Waals surface area contributed by atoms with Crippen molar-refractivity contribution in [2.24, 2.45) is 7.05 Å². The van der Waals surface area contributed by atoms with E-state index in [1.807, 2.05) is 55.9 Å². The lowest BCUT2D eigenvalue weighted by atomic mass is 10.0. The second kappa shape index (κ2) is 8.49. The van der Waals surface area contributed by atoms with E-state index in [1.54, 1.807) is 0 Å². The van der Waals surface area contributed by atoms with Crippen molar-refractivity contribution in [1.82, 2.24) is 20.4 Å². The number of nitrogens with one attached hydrogen (secondary N) is 2. The van der Waals surface area contributed by atoms with Crippen LogP contribution in [0, 0.1) is 13.8 Å². The van der Waals surface area contributed by atoms with Crippen LogP contribution in [0.2, 0.25) is 0 Å². The number of aryl methyl sites for hydroxylation is 2. The number of carbonyl (C=O) groups is 1. The predicted molar refractivity (Wildman–Crippen MR) is 93.8 cm³/mol. The Bertz CT molecular complexity index is 667. The van der Waals surface area contributed by atoms with Gasteiger partial charge >= 0.3 is 6.03 Å². The number of hydrogen-bond acceptors (Lipinski definition) is 3. The molecule has 1 aromatic heterocycles. The number of aliphatic hydroxyl groups is 1. The fraction of sp³-hybridized carbons (Fsp3) is 0.444. The largest absolute Gasteiger partial charge is 0.396 e. The zero-order valence-electron chi connectivity index (χ0n) is 14.5. The van der Waals surface area contributed by atoms with Gasteiger partial charge in [0.25, 0.3) is 0 Å². The molecule has 0 bridgehead atoms. The topological polar surface area (TPSA) is 79.2 Å². The first-order valence-electron chi connectivity index (χ1n) is 8.22. The Balaban J connectivity index is 1.87. The molecular weight excluding hydrogens is 304 g/mol. The van der Waals surface area contributed by atoms with E-state index in [4.69, 9.17) is 0 Å². The van der Waals surface area contributed by atoms with Gasteiger partial charge in [0, 0.05) is 25.9 Å². The van der Waals surface area contributed by atoms with E-state index in [2.05, 4.69) is 15.7 Å². The monoisotopic (exact) mass is 330 g/mol. The second-order valence-corrected chi connectivity index (χ2v) is 5.90. The van der Waals surface area contributed by atoms with Crippen LogP contribution in [0.15, 0.2) is 30.3 Å². The van der Waals surface area contributed by atoms with Crippen molar-refractivity contribution in [3.8, 4) is 0 Å². The SMILES string of the molecule is Cc1nn(C)c(C)c1CCNC(=O)N[C@H](CCO)c1ccccc1. The molecule has 24 heavy (non-hydrogen) atoms. The summed E-state index contributed by atoms with van der Waals surface area (Å²) < 4.78 is 1.86.